The van der Waals surface area contributed by atoms with Crippen LogP contribution >= 0.6 is 0 Å². The average Bonchev–Trinajstić information content (AvgIpc) is 2.35. The van der Waals surface area contributed by atoms with E-state index in [1.54, 1.807) is 0 Å². The zero-order chi connectivity index (χ0) is 7.84. The van der Waals surface area contributed by atoms with Crippen molar-refractivity contribution in [3.63, 3.8) is 0 Å². The molecule has 54 valence electrons. The van der Waals surface area contributed by atoms with Crippen molar-refractivity contribution >= 4 is 11.2 Å². The van der Waals surface area contributed by atoms with Crippen molar-refractivity contribution in [1.82, 2.24) is 19.5 Å². The Bertz CT molecular complexity index is 441. The maximum Gasteiger partial charge on any atom is 0.278 e. The summed E-state index contributed by atoms with van der Waals surface area (Å²) in [6.45, 7) is 0. The van der Waals surface area contributed by atoms with E-state index >= 15 is 0 Å². The van der Waals surface area contributed by atoms with Gasteiger partial charge in [0, 0.05) is 0 Å². The molecule has 0 saturated carbocycles. The summed E-state index contributed by atoms with van der Waals surface area (Å²) in [7, 11) is 5.38. The predicted octanol–water partition coefficient (Wildman–Crippen LogP) is -0.364. The highest BCUT2D eigenvalue weighted by atomic mass is 16.1. The molecule has 2 rings (SSSR count). The number of rotatable bonds is 0. The summed E-state index contributed by atoms with van der Waals surface area (Å²) in [6.07, 6.45) is 2.63. The van der Waals surface area contributed by atoms with Crippen LogP contribution in [0.5, 0.6) is 0 Å². The van der Waals surface area contributed by atoms with Crippen LogP contribution in [-0.2, 0) is 0 Å². The van der Waals surface area contributed by atoms with Crippen LogP contribution in [0.15, 0.2) is 17.4 Å². The summed E-state index contributed by atoms with van der Waals surface area (Å²) in [5, 5.41) is 0. The number of H-pyrrole nitrogens is 1. The fraction of sp³-hybridized carbons (Fsp3) is 0. The fourth-order valence-electron chi connectivity index (χ4n) is 0.863. The molecule has 0 aliphatic rings. The third-order valence-corrected chi connectivity index (χ3v) is 1.37. The Morgan fingerprint density at radius 3 is 3.09 bits per heavy atom. The first-order chi connectivity index (χ1) is 5.29. The number of imidazole rings is 1. The highest BCUT2D eigenvalue weighted by molar-refractivity contribution is 5.68. The van der Waals surface area contributed by atoms with Crippen LogP contribution in [-0.4, -0.2) is 19.5 Å². The first-order valence-corrected chi connectivity index (χ1v) is 2.95. The van der Waals surface area contributed by atoms with E-state index in [0.717, 1.165) is 0 Å². The molecule has 0 atom stereocenters. The van der Waals surface area contributed by atoms with Crippen LogP contribution in [0, 0.1) is 7.05 Å². The van der Waals surface area contributed by atoms with Gasteiger partial charge in [-0.15, -0.1) is 0 Å². The third-order valence-electron chi connectivity index (χ3n) is 1.37. The van der Waals surface area contributed by atoms with E-state index < -0.39 is 0 Å². The first kappa shape index (κ1) is 6.09. The molecular weight excluding hydrogens is 144 g/mol. The molecule has 0 aliphatic heterocycles. The number of hydrogen-bond donors (Lipinski definition) is 1. The molecule has 11 heavy (non-hydrogen) atoms. The zero-order valence-electron chi connectivity index (χ0n) is 5.48. The van der Waals surface area contributed by atoms with Gasteiger partial charge in [-0.1, -0.05) is 0 Å². The van der Waals surface area contributed by atoms with E-state index in [4.69, 9.17) is 7.05 Å². The van der Waals surface area contributed by atoms with E-state index in [1.165, 1.54) is 17.2 Å². The standard InChI is InChI=1S/C6H4N4O/c1-10-3-9-4-5(10)7-2-8-6(4)11/h1-3H,(H,7,8,11). The van der Waals surface area contributed by atoms with E-state index in [0.29, 0.717) is 5.65 Å². The van der Waals surface area contributed by atoms with Gasteiger partial charge in [0.1, 0.15) is 0 Å². The topological polar surface area (TPSA) is 63.6 Å². The van der Waals surface area contributed by atoms with Crippen molar-refractivity contribution in [2.75, 3.05) is 0 Å². The minimum Gasteiger partial charge on any atom is -0.311 e. The molecule has 2 aromatic heterocycles. The molecule has 0 bridgehead atoms. The van der Waals surface area contributed by atoms with Gasteiger partial charge in [-0.05, 0) is 0 Å². The van der Waals surface area contributed by atoms with Crippen molar-refractivity contribution in [3.8, 4) is 0 Å². The van der Waals surface area contributed by atoms with Gasteiger partial charge >= 0.3 is 0 Å². The summed E-state index contributed by atoms with van der Waals surface area (Å²) in [4.78, 5) is 20.9. The van der Waals surface area contributed by atoms with Crippen molar-refractivity contribution in [1.29, 1.82) is 0 Å². The minimum atomic E-state index is -0.279. The number of nitrogens with one attached hydrogen (secondary N) is 1. The lowest BCUT2D eigenvalue weighted by atomic mass is 10.5. The monoisotopic (exact) mass is 148 g/mol. The second-order valence-corrected chi connectivity index (χ2v) is 2.06. The predicted molar refractivity (Wildman–Crippen MR) is 37.8 cm³/mol. The van der Waals surface area contributed by atoms with Crippen molar-refractivity contribution in [2.45, 2.75) is 0 Å². The van der Waals surface area contributed by atoms with Crippen LogP contribution in [0.2, 0.25) is 0 Å². The van der Waals surface area contributed by atoms with Crippen LogP contribution in [0.1, 0.15) is 0 Å². The summed E-state index contributed by atoms with van der Waals surface area (Å²) >= 11 is 0. The van der Waals surface area contributed by atoms with Gasteiger partial charge in [-0.2, -0.15) is 0 Å². The second-order valence-electron chi connectivity index (χ2n) is 2.06. The molecule has 0 aliphatic carbocycles. The maximum absolute atomic E-state index is 11.0. The van der Waals surface area contributed by atoms with Crippen LogP contribution in [0.25, 0.3) is 11.2 Å². The lowest BCUT2D eigenvalue weighted by molar-refractivity contribution is 1.06. The Morgan fingerprint density at radius 1 is 1.55 bits per heavy atom. The summed E-state index contributed by atoms with van der Waals surface area (Å²) in [5.74, 6) is 0. The van der Waals surface area contributed by atoms with Crippen molar-refractivity contribution < 1.29 is 0 Å². The van der Waals surface area contributed by atoms with Crippen LogP contribution < -0.4 is 5.56 Å². The fourth-order valence-corrected chi connectivity index (χ4v) is 0.863. The van der Waals surface area contributed by atoms with Crippen LogP contribution in [0.3, 0.4) is 0 Å². The molecule has 0 spiro atoms. The molecule has 2 aromatic rings. The maximum atomic E-state index is 11.0. The molecule has 2 heterocycles. The molecule has 5 heteroatoms. The molecule has 2 radical (unpaired) electrons. The molecular formula is C6H4N4O. The molecule has 5 nitrogen and oxygen atoms in total. The highest BCUT2D eigenvalue weighted by Gasteiger charge is 2.02. The highest BCUT2D eigenvalue weighted by Crippen LogP contribution is 1.99. The second kappa shape index (κ2) is 1.91. The summed E-state index contributed by atoms with van der Waals surface area (Å²) in [6, 6.07) is 0. The quantitative estimate of drug-likeness (QED) is 0.554. The zero-order valence-corrected chi connectivity index (χ0v) is 5.48. The van der Waals surface area contributed by atoms with Gasteiger partial charge in [-0.25, -0.2) is 9.97 Å². The molecule has 1 N–H and O–H groups in total. The molecule has 0 unspecified atom stereocenters. The molecule has 0 amide bonds. The first-order valence-electron chi connectivity index (χ1n) is 2.95. The minimum absolute atomic E-state index is 0.259. The summed E-state index contributed by atoms with van der Waals surface area (Å²) in [5.41, 5.74) is 0.364. The third kappa shape index (κ3) is 0.739. The normalized spacial score (nSPS) is 10.6. The number of hydrogen-bond acceptors (Lipinski definition) is 3. The number of fused-ring (bicyclic) bond motifs is 1. The van der Waals surface area contributed by atoms with Crippen molar-refractivity contribution in [3.05, 3.63) is 30.1 Å². The number of aromatic nitrogens is 4. The largest absolute Gasteiger partial charge is 0.311 e. The van der Waals surface area contributed by atoms with E-state index in [-0.39, 0.29) is 11.1 Å². The van der Waals surface area contributed by atoms with E-state index in [9.17, 15) is 4.79 Å². The Kier molecular flexibility index (Phi) is 1.06. The van der Waals surface area contributed by atoms with Gasteiger partial charge in [0.15, 0.2) is 11.2 Å². The molecule has 0 fully saturated rings. The van der Waals surface area contributed by atoms with E-state index in [1.807, 2.05) is 0 Å². The molecule has 0 saturated heterocycles. The van der Waals surface area contributed by atoms with Gasteiger partial charge in [0.25, 0.3) is 5.56 Å². The Balaban J connectivity index is 3.06. The summed E-state index contributed by atoms with van der Waals surface area (Å²) < 4.78 is 1.20. The SMILES string of the molecule is [CH]n1cnc2c(=O)[nH]cnc21. The Morgan fingerprint density at radius 2 is 2.36 bits per heavy atom. The van der Waals surface area contributed by atoms with Crippen molar-refractivity contribution in [2.24, 2.45) is 0 Å². The number of nitrogens with zero attached hydrogens (tertiary/aromatic N) is 3. The average molecular weight is 148 g/mol. The van der Waals surface area contributed by atoms with Gasteiger partial charge in [0.2, 0.25) is 0 Å². The number of aromatic amines is 1. The van der Waals surface area contributed by atoms with Gasteiger partial charge < -0.3 is 9.55 Å². The Hall–Kier alpha value is -1.65. The van der Waals surface area contributed by atoms with Crippen LogP contribution in [0.4, 0.5) is 0 Å². The molecule has 0 aromatic carbocycles. The Labute approximate surface area is 61.7 Å². The van der Waals surface area contributed by atoms with E-state index in [2.05, 4.69) is 15.0 Å². The van der Waals surface area contributed by atoms with Gasteiger partial charge in [-0.3, -0.25) is 4.79 Å². The lowest BCUT2D eigenvalue weighted by Gasteiger charge is -1.88. The lowest BCUT2D eigenvalue weighted by Crippen LogP contribution is -2.06. The van der Waals surface area contributed by atoms with Gasteiger partial charge in [0.05, 0.1) is 19.7 Å². The smallest absolute Gasteiger partial charge is 0.278 e.